The molecule has 2 aromatic carbocycles. The Morgan fingerprint density at radius 3 is 2.45 bits per heavy atom. The third kappa shape index (κ3) is 6.91. The molecule has 5 nitrogen and oxygen atoms in total. The number of nitrogens with zero attached hydrogens (tertiary/aromatic N) is 2. The number of benzene rings is 2. The lowest BCUT2D eigenvalue weighted by Gasteiger charge is -2.23. The van der Waals surface area contributed by atoms with E-state index in [4.69, 9.17) is 0 Å². The fourth-order valence-corrected chi connectivity index (χ4v) is 2.55. The zero-order valence-corrected chi connectivity index (χ0v) is 18.8. The summed E-state index contributed by atoms with van der Waals surface area (Å²) in [4.78, 5) is 18.1. The Morgan fingerprint density at radius 1 is 1.10 bits per heavy atom. The molecule has 2 aromatic rings. The lowest BCUT2D eigenvalue weighted by atomic mass is 10.1. The average molecular weight is 520 g/mol. The molecule has 0 aliphatic rings. The van der Waals surface area contributed by atoms with Crippen LogP contribution in [-0.4, -0.2) is 36.9 Å². The van der Waals surface area contributed by atoms with E-state index in [1.54, 1.807) is 0 Å². The van der Waals surface area contributed by atoms with E-state index in [1.807, 2.05) is 50.1 Å². The summed E-state index contributed by atoms with van der Waals surface area (Å²) < 4.78 is 39.9. The van der Waals surface area contributed by atoms with E-state index in [2.05, 4.69) is 15.6 Å². The second-order valence-electron chi connectivity index (χ2n) is 6.22. The van der Waals surface area contributed by atoms with E-state index < -0.39 is 29.0 Å². The third-order valence-corrected chi connectivity index (χ3v) is 4.05. The van der Waals surface area contributed by atoms with Gasteiger partial charge in [0.1, 0.15) is 6.54 Å². The van der Waals surface area contributed by atoms with Gasteiger partial charge in [0.15, 0.2) is 23.4 Å². The summed E-state index contributed by atoms with van der Waals surface area (Å²) >= 11 is 0. The first-order valence-corrected chi connectivity index (χ1v) is 8.80. The molecule has 0 aliphatic carbocycles. The molecule has 0 atom stereocenters. The molecular formula is C20H24F3IN4O. The molecule has 0 radical (unpaired) electrons. The van der Waals surface area contributed by atoms with Crippen molar-refractivity contribution in [3.05, 3.63) is 65.0 Å². The highest BCUT2D eigenvalue weighted by Crippen LogP contribution is 2.19. The average Bonchev–Trinajstić information content (AvgIpc) is 2.67. The molecule has 2 N–H and O–H groups in total. The van der Waals surface area contributed by atoms with E-state index in [0.29, 0.717) is 19.0 Å². The number of aryl methyl sites for hydroxylation is 1. The minimum absolute atomic E-state index is 0. The van der Waals surface area contributed by atoms with E-state index in [-0.39, 0.29) is 30.5 Å². The van der Waals surface area contributed by atoms with E-state index in [9.17, 15) is 18.0 Å². The highest BCUT2D eigenvalue weighted by molar-refractivity contribution is 14.0. The normalized spacial score (nSPS) is 10.9. The molecule has 0 heterocycles. The second-order valence-corrected chi connectivity index (χ2v) is 6.22. The first kappa shape index (κ1) is 24.7. The third-order valence-electron chi connectivity index (χ3n) is 4.05. The number of rotatable bonds is 6. The minimum atomic E-state index is -1.63. The van der Waals surface area contributed by atoms with Crippen molar-refractivity contribution < 1.29 is 18.0 Å². The Bertz CT molecular complexity index is 877. The van der Waals surface area contributed by atoms with Crippen LogP contribution in [0.25, 0.3) is 0 Å². The smallest absolute Gasteiger partial charge is 0.246 e. The Kier molecular flexibility index (Phi) is 9.93. The maximum absolute atomic E-state index is 13.7. The quantitative estimate of drug-likeness (QED) is 0.262. The van der Waals surface area contributed by atoms with E-state index >= 15 is 0 Å². The largest absolute Gasteiger partial charge is 0.357 e. The summed E-state index contributed by atoms with van der Waals surface area (Å²) in [6, 6.07) is 9.64. The molecule has 1 amide bonds. The Labute approximate surface area is 185 Å². The molecule has 0 aromatic heterocycles. The van der Waals surface area contributed by atoms with Gasteiger partial charge in [-0.15, -0.1) is 24.0 Å². The van der Waals surface area contributed by atoms with Gasteiger partial charge in [-0.05, 0) is 37.1 Å². The van der Waals surface area contributed by atoms with Crippen LogP contribution in [0.4, 0.5) is 18.9 Å². The summed E-state index contributed by atoms with van der Waals surface area (Å²) in [7, 11) is 1.83. The molecule has 0 spiro atoms. The van der Waals surface area contributed by atoms with Gasteiger partial charge in [-0.25, -0.2) is 18.2 Å². The zero-order valence-electron chi connectivity index (χ0n) is 16.4. The Morgan fingerprint density at radius 2 is 1.79 bits per heavy atom. The summed E-state index contributed by atoms with van der Waals surface area (Å²) in [5.41, 5.74) is 1.82. The highest BCUT2D eigenvalue weighted by Gasteiger charge is 2.15. The van der Waals surface area contributed by atoms with Crippen molar-refractivity contribution in [3.8, 4) is 0 Å². The van der Waals surface area contributed by atoms with Gasteiger partial charge in [0, 0.05) is 20.1 Å². The molecule has 0 aliphatic heterocycles. The molecular weight excluding hydrogens is 496 g/mol. The number of nitrogens with one attached hydrogen (secondary N) is 2. The topological polar surface area (TPSA) is 56.7 Å². The summed E-state index contributed by atoms with van der Waals surface area (Å²) in [5.74, 6) is -4.55. The van der Waals surface area contributed by atoms with Crippen LogP contribution in [0.1, 0.15) is 18.1 Å². The predicted molar refractivity (Wildman–Crippen MR) is 119 cm³/mol. The first-order valence-electron chi connectivity index (χ1n) is 8.80. The van der Waals surface area contributed by atoms with Crippen molar-refractivity contribution in [2.45, 2.75) is 20.4 Å². The zero-order chi connectivity index (χ0) is 20.7. The van der Waals surface area contributed by atoms with E-state index in [1.165, 1.54) is 0 Å². The van der Waals surface area contributed by atoms with E-state index in [0.717, 1.165) is 23.3 Å². The maximum Gasteiger partial charge on any atom is 0.246 e. The molecule has 0 bridgehead atoms. The molecule has 0 unspecified atom stereocenters. The van der Waals surface area contributed by atoms with Gasteiger partial charge >= 0.3 is 0 Å². The molecule has 2 rings (SSSR count). The van der Waals surface area contributed by atoms with Crippen LogP contribution < -0.4 is 10.6 Å². The van der Waals surface area contributed by atoms with Crippen LogP contribution >= 0.6 is 24.0 Å². The number of guanidine groups is 1. The SMILES string of the molecule is CCNC(=NCC(=O)Nc1ccc(F)c(F)c1F)N(C)Cc1ccccc1C.I. The minimum Gasteiger partial charge on any atom is -0.357 e. The molecule has 29 heavy (non-hydrogen) atoms. The number of amides is 1. The van der Waals surface area contributed by atoms with Crippen LogP contribution in [0, 0.1) is 24.4 Å². The Balaban J connectivity index is 0.00000420. The number of hydrogen-bond donors (Lipinski definition) is 2. The van der Waals surface area contributed by atoms with Gasteiger partial charge < -0.3 is 15.5 Å². The summed E-state index contributed by atoms with van der Waals surface area (Å²) in [5, 5.41) is 5.28. The first-order chi connectivity index (χ1) is 13.3. The second kappa shape index (κ2) is 11.6. The number of halogens is 4. The van der Waals surface area contributed by atoms with Gasteiger partial charge in [0.05, 0.1) is 5.69 Å². The fraction of sp³-hybridized carbons (Fsp3) is 0.300. The number of anilines is 1. The molecule has 0 fully saturated rings. The van der Waals surface area contributed by atoms with Crippen LogP contribution in [0.2, 0.25) is 0 Å². The van der Waals surface area contributed by atoms with Gasteiger partial charge in [-0.2, -0.15) is 0 Å². The summed E-state index contributed by atoms with van der Waals surface area (Å²) in [6.45, 7) is 4.78. The maximum atomic E-state index is 13.7. The van der Waals surface area contributed by atoms with Crippen molar-refractivity contribution in [2.24, 2.45) is 4.99 Å². The Hall–Kier alpha value is -2.30. The lowest BCUT2D eigenvalue weighted by molar-refractivity contribution is -0.114. The van der Waals surface area contributed by atoms with Crippen molar-refractivity contribution in [1.29, 1.82) is 0 Å². The van der Waals surface area contributed by atoms with Gasteiger partial charge in [0.25, 0.3) is 0 Å². The van der Waals surface area contributed by atoms with Crippen molar-refractivity contribution in [3.63, 3.8) is 0 Å². The molecule has 9 heteroatoms. The standard InChI is InChI=1S/C20H23F3N4O.HI/c1-4-24-20(27(3)12-14-8-6-5-7-13(14)2)25-11-17(28)26-16-10-9-15(21)18(22)19(16)23;/h5-10H,4,11-12H2,1-3H3,(H,24,25)(H,26,28);1H. The highest BCUT2D eigenvalue weighted by atomic mass is 127. The van der Waals surface area contributed by atoms with Crippen LogP contribution in [0.15, 0.2) is 41.4 Å². The number of hydrogen-bond acceptors (Lipinski definition) is 2. The molecule has 158 valence electrons. The van der Waals surface area contributed by atoms with Gasteiger partial charge in [0.2, 0.25) is 5.91 Å². The molecule has 0 saturated carbocycles. The number of carbonyl (C=O) groups is 1. The van der Waals surface area contributed by atoms with Crippen molar-refractivity contribution in [1.82, 2.24) is 10.2 Å². The monoisotopic (exact) mass is 520 g/mol. The van der Waals surface area contributed by atoms with Crippen LogP contribution in [-0.2, 0) is 11.3 Å². The molecule has 0 saturated heterocycles. The van der Waals surface area contributed by atoms with Gasteiger partial charge in [-0.1, -0.05) is 24.3 Å². The van der Waals surface area contributed by atoms with Gasteiger partial charge in [-0.3, -0.25) is 4.79 Å². The number of aliphatic imine (C=N–C) groups is 1. The van der Waals surface area contributed by atoms with Crippen LogP contribution in [0.5, 0.6) is 0 Å². The number of carbonyl (C=O) groups excluding carboxylic acids is 1. The fourth-order valence-electron chi connectivity index (χ4n) is 2.55. The van der Waals surface area contributed by atoms with Crippen molar-refractivity contribution in [2.75, 3.05) is 25.5 Å². The van der Waals surface area contributed by atoms with Crippen LogP contribution in [0.3, 0.4) is 0 Å². The van der Waals surface area contributed by atoms with Crippen molar-refractivity contribution >= 4 is 41.5 Å². The summed E-state index contributed by atoms with van der Waals surface area (Å²) in [6.07, 6.45) is 0. The lowest BCUT2D eigenvalue weighted by Crippen LogP contribution is -2.39. The predicted octanol–water partition coefficient (Wildman–Crippen LogP) is 4.07.